The largest absolute Gasteiger partial charge is 0.490 e. The van der Waals surface area contributed by atoms with Crippen molar-refractivity contribution in [2.24, 2.45) is 0 Å². The number of unbranched alkanes of at least 4 members (excludes halogenated alkanes) is 2. The Hall–Kier alpha value is -2.85. The second kappa shape index (κ2) is 15.9. The number of hydrogen-bond acceptors (Lipinski definition) is 9. The number of rotatable bonds is 14. The Bertz CT molecular complexity index is 1120. The van der Waals surface area contributed by atoms with Crippen LogP contribution in [0.2, 0.25) is 0 Å². The minimum absolute atomic E-state index is 0.226. The van der Waals surface area contributed by atoms with Crippen LogP contribution >= 0.6 is 0 Å². The second-order valence-corrected chi connectivity index (χ2v) is 12.1. The van der Waals surface area contributed by atoms with Crippen LogP contribution in [0.4, 0.5) is 0 Å². The molecular formula is C35H48N2O7. The standard InChI is InChI=1S/C35H48N2O7/c38-33(27-11-21-43-34-29(27)7-5-9-31(34)41-19-3-1-13-36-15-23-39-24-16-36)28-12-22-44-35-30(28)8-6-10-32(35)42-20-4-2-14-37-17-25-40-26-18-37/h5-10,27-28H,1-4,11-26H2. The van der Waals surface area contributed by atoms with E-state index in [0.717, 1.165) is 126 Å². The number of carbonyl (C=O) groups is 1. The van der Waals surface area contributed by atoms with Gasteiger partial charge in [0.25, 0.3) is 0 Å². The van der Waals surface area contributed by atoms with E-state index in [1.54, 1.807) is 0 Å². The first kappa shape index (κ1) is 31.1. The highest BCUT2D eigenvalue weighted by atomic mass is 16.5. The molecule has 2 atom stereocenters. The zero-order valence-electron chi connectivity index (χ0n) is 26.0. The Morgan fingerprint density at radius 3 is 1.55 bits per heavy atom. The summed E-state index contributed by atoms with van der Waals surface area (Å²) < 4.78 is 35.5. The average Bonchev–Trinajstić information content (AvgIpc) is 3.08. The van der Waals surface area contributed by atoms with Gasteiger partial charge in [-0.1, -0.05) is 24.3 Å². The van der Waals surface area contributed by atoms with Crippen molar-refractivity contribution in [1.29, 1.82) is 0 Å². The highest BCUT2D eigenvalue weighted by Crippen LogP contribution is 2.47. The molecule has 2 fully saturated rings. The van der Waals surface area contributed by atoms with Crippen LogP contribution < -0.4 is 18.9 Å². The smallest absolute Gasteiger partial charge is 0.165 e. The van der Waals surface area contributed by atoms with E-state index in [9.17, 15) is 4.79 Å². The molecule has 2 saturated heterocycles. The molecule has 0 aromatic heterocycles. The van der Waals surface area contributed by atoms with E-state index < -0.39 is 0 Å². The number of carbonyl (C=O) groups excluding carboxylic acids is 1. The minimum Gasteiger partial charge on any atom is -0.490 e. The van der Waals surface area contributed by atoms with E-state index in [1.165, 1.54) is 0 Å². The molecule has 6 rings (SSSR count). The number of ketones is 1. The van der Waals surface area contributed by atoms with E-state index in [2.05, 4.69) is 9.80 Å². The van der Waals surface area contributed by atoms with Gasteiger partial charge in [-0.05, 0) is 63.7 Å². The van der Waals surface area contributed by atoms with Crippen LogP contribution in [0.15, 0.2) is 36.4 Å². The van der Waals surface area contributed by atoms with Gasteiger partial charge in [0.2, 0.25) is 0 Å². The van der Waals surface area contributed by atoms with Crippen molar-refractivity contribution >= 4 is 5.78 Å². The first-order chi connectivity index (χ1) is 21.8. The van der Waals surface area contributed by atoms with Gasteiger partial charge in [0.15, 0.2) is 23.0 Å². The third-order valence-corrected chi connectivity index (χ3v) is 9.22. The molecule has 0 bridgehead atoms. The molecular weight excluding hydrogens is 560 g/mol. The lowest BCUT2D eigenvalue weighted by Crippen LogP contribution is -2.36. The molecule has 44 heavy (non-hydrogen) atoms. The number of morpholine rings is 2. The van der Waals surface area contributed by atoms with Crippen molar-refractivity contribution in [2.45, 2.75) is 50.4 Å². The monoisotopic (exact) mass is 608 g/mol. The van der Waals surface area contributed by atoms with Crippen LogP contribution in [-0.4, -0.2) is 108 Å². The lowest BCUT2D eigenvalue weighted by molar-refractivity contribution is -0.123. The minimum atomic E-state index is -0.232. The fourth-order valence-corrected chi connectivity index (χ4v) is 6.74. The molecule has 2 unspecified atom stereocenters. The third-order valence-electron chi connectivity index (χ3n) is 9.22. The van der Waals surface area contributed by atoms with Gasteiger partial charge in [0.1, 0.15) is 5.78 Å². The fraction of sp³-hybridized carbons (Fsp3) is 0.629. The normalized spacial score (nSPS) is 22.3. The van der Waals surface area contributed by atoms with E-state index in [1.807, 2.05) is 36.4 Å². The summed E-state index contributed by atoms with van der Waals surface area (Å²) in [7, 11) is 0. The molecule has 4 aliphatic rings. The van der Waals surface area contributed by atoms with E-state index in [-0.39, 0.29) is 17.6 Å². The Morgan fingerprint density at radius 1 is 0.636 bits per heavy atom. The summed E-state index contributed by atoms with van der Waals surface area (Å²) >= 11 is 0. The molecule has 0 amide bonds. The Morgan fingerprint density at radius 2 is 1.09 bits per heavy atom. The fourth-order valence-electron chi connectivity index (χ4n) is 6.74. The summed E-state index contributed by atoms with van der Waals surface area (Å²) in [6.45, 7) is 11.8. The lowest BCUT2D eigenvalue weighted by atomic mass is 9.78. The molecule has 0 saturated carbocycles. The summed E-state index contributed by atoms with van der Waals surface area (Å²) in [5.74, 6) is 2.70. The Balaban J connectivity index is 1.04. The van der Waals surface area contributed by atoms with Crippen LogP contribution in [0.1, 0.15) is 61.5 Å². The highest BCUT2D eigenvalue weighted by Gasteiger charge is 2.37. The summed E-state index contributed by atoms with van der Waals surface area (Å²) in [4.78, 5) is 19.1. The molecule has 0 N–H and O–H groups in total. The van der Waals surface area contributed by atoms with Crippen LogP contribution in [0.5, 0.6) is 23.0 Å². The van der Waals surface area contributed by atoms with Gasteiger partial charge in [-0.25, -0.2) is 0 Å². The van der Waals surface area contributed by atoms with Crippen LogP contribution in [0.3, 0.4) is 0 Å². The average molecular weight is 609 g/mol. The van der Waals surface area contributed by atoms with Crippen LogP contribution in [-0.2, 0) is 14.3 Å². The molecule has 9 heteroatoms. The van der Waals surface area contributed by atoms with Crippen molar-refractivity contribution in [2.75, 3.05) is 92.1 Å². The molecule has 9 nitrogen and oxygen atoms in total. The van der Waals surface area contributed by atoms with Gasteiger partial charge >= 0.3 is 0 Å². The van der Waals surface area contributed by atoms with E-state index >= 15 is 0 Å². The number of hydrogen-bond donors (Lipinski definition) is 0. The molecule has 0 radical (unpaired) electrons. The Kier molecular flexibility index (Phi) is 11.3. The topological polar surface area (TPSA) is 78.9 Å². The maximum atomic E-state index is 14.2. The van der Waals surface area contributed by atoms with Gasteiger partial charge < -0.3 is 28.4 Å². The predicted molar refractivity (Wildman–Crippen MR) is 168 cm³/mol. The quantitative estimate of drug-likeness (QED) is 0.284. The summed E-state index contributed by atoms with van der Waals surface area (Å²) in [6, 6.07) is 11.9. The molecule has 4 aliphatic heterocycles. The zero-order valence-corrected chi connectivity index (χ0v) is 26.0. The van der Waals surface area contributed by atoms with E-state index in [0.29, 0.717) is 39.3 Å². The number of ether oxygens (including phenoxy) is 6. The first-order valence-corrected chi connectivity index (χ1v) is 16.7. The molecule has 4 heterocycles. The summed E-state index contributed by atoms with van der Waals surface area (Å²) in [5, 5.41) is 0. The molecule has 0 spiro atoms. The van der Waals surface area contributed by atoms with E-state index in [4.69, 9.17) is 28.4 Å². The number of benzene rings is 2. The van der Waals surface area contributed by atoms with Crippen molar-refractivity contribution in [3.63, 3.8) is 0 Å². The van der Waals surface area contributed by atoms with Crippen molar-refractivity contribution in [3.05, 3.63) is 47.5 Å². The molecule has 0 aliphatic carbocycles. The number of nitrogens with zero attached hydrogens (tertiary/aromatic N) is 2. The van der Waals surface area contributed by atoms with Gasteiger partial charge in [-0.15, -0.1) is 0 Å². The molecule has 2 aromatic carbocycles. The number of Topliss-reactive ketones (excluding diaryl/α,β-unsaturated/α-hetero) is 1. The maximum absolute atomic E-state index is 14.2. The van der Waals surface area contributed by atoms with Crippen LogP contribution in [0, 0.1) is 0 Å². The van der Waals surface area contributed by atoms with Crippen LogP contribution in [0.25, 0.3) is 0 Å². The van der Waals surface area contributed by atoms with Gasteiger partial charge in [-0.3, -0.25) is 14.6 Å². The summed E-state index contributed by atoms with van der Waals surface area (Å²) in [6.07, 6.45) is 5.45. The number of fused-ring (bicyclic) bond motifs is 2. The van der Waals surface area contributed by atoms with Gasteiger partial charge in [-0.2, -0.15) is 0 Å². The molecule has 240 valence electrons. The molecule has 2 aromatic rings. The Labute approximate surface area is 261 Å². The zero-order chi connectivity index (χ0) is 30.0. The van der Waals surface area contributed by atoms with Gasteiger partial charge in [0, 0.05) is 37.3 Å². The summed E-state index contributed by atoms with van der Waals surface area (Å²) in [5.41, 5.74) is 1.88. The first-order valence-electron chi connectivity index (χ1n) is 16.7. The second-order valence-electron chi connectivity index (χ2n) is 12.1. The van der Waals surface area contributed by atoms with Crippen molar-refractivity contribution in [1.82, 2.24) is 9.80 Å². The highest BCUT2D eigenvalue weighted by molar-refractivity contribution is 5.93. The predicted octanol–water partition coefficient (Wildman–Crippen LogP) is 4.67. The van der Waals surface area contributed by atoms with Crippen molar-refractivity contribution in [3.8, 4) is 23.0 Å². The third kappa shape index (κ3) is 7.86. The maximum Gasteiger partial charge on any atom is 0.165 e. The SMILES string of the molecule is O=C(C1CCOc2c(OCCCCN3CCOCC3)cccc21)C1CCOc2c(OCCCCN3CCOCC3)cccc21. The van der Waals surface area contributed by atoms with Crippen molar-refractivity contribution < 1.29 is 33.2 Å². The number of para-hydroxylation sites is 2. The lowest BCUT2D eigenvalue weighted by Gasteiger charge is -2.32. The van der Waals surface area contributed by atoms with Gasteiger partial charge in [0.05, 0.1) is 64.7 Å².